The Labute approximate surface area is 127 Å². The van der Waals surface area contributed by atoms with Gasteiger partial charge in [0.05, 0.1) is 16.4 Å². The molecule has 114 valence electrons. The van der Waals surface area contributed by atoms with Crippen molar-refractivity contribution < 1.29 is 9.32 Å². The van der Waals surface area contributed by atoms with Crippen molar-refractivity contribution in [1.29, 1.82) is 0 Å². The van der Waals surface area contributed by atoms with Crippen LogP contribution in [0.25, 0.3) is 0 Å². The molecular weight excluding hydrogens is 288 g/mol. The summed E-state index contributed by atoms with van der Waals surface area (Å²) in [5.74, 6) is 0.770. The van der Waals surface area contributed by atoms with Gasteiger partial charge in [-0.15, -0.1) is 11.3 Å². The Morgan fingerprint density at radius 3 is 2.86 bits per heavy atom. The van der Waals surface area contributed by atoms with Gasteiger partial charge in [0, 0.05) is 19.0 Å². The van der Waals surface area contributed by atoms with Gasteiger partial charge in [0.15, 0.2) is 0 Å². The molecule has 2 heterocycles. The molecule has 0 aliphatic rings. The van der Waals surface area contributed by atoms with Crippen molar-refractivity contribution in [3.63, 3.8) is 0 Å². The summed E-state index contributed by atoms with van der Waals surface area (Å²) in [5.41, 5.74) is 1.71. The van der Waals surface area contributed by atoms with E-state index in [9.17, 15) is 4.79 Å². The first-order valence-electron chi connectivity index (χ1n) is 7.02. The van der Waals surface area contributed by atoms with Crippen LogP contribution in [0.15, 0.2) is 10.6 Å². The minimum Gasteiger partial charge on any atom is -0.361 e. The number of rotatable bonds is 6. The third kappa shape index (κ3) is 4.56. The van der Waals surface area contributed by atoms with Gasteiger partial charge in [0.1, 0.15) is 10.8 Å². The van der Waals surface area contributed by atoms with Crippen LogP contribution in [-0.4, -0.2) is 22.7 Å². The number of amides is 2. The van der Waals surface area contributed by atoms with Crippen LogP contribution in [0.4, 0.5) is 9.80 Å². The average Bonchev–Trinajstić information content (AvgIpc) is 2.97. The van der Waals surface area contributed by atoms with Crippen molar-refractivity contribution in [2.24, 2.45) is 0 Å². The van der Waals surface area contributed by atoms with E-state index < -0.39 is 0 Å². The standard InChI is InChI=1S/C14H20N4O2S/c1-4-5-12-16-10(3)13(21-12)17-14(19)15-7-6-11-8-9(2)18-20-11/h8H,4-7H2,1-3H3,(H2,15,17,19). The first-order chi connectivity index (χ1) is 10.1. The van der Waals surface area contributed by atoms with Gasteiger partial charge in [0.2, 0.25) is 0 Å². The summed E-state index contributed by atoms with van der Waals surface area (Å²) in [4.78, 5) is 16.3. The molecule has 0 saturated carbocycles. The molecule has 2 amide bonds. The van der Waals surface area contributed by atoms with Crippen molar-refractivity contribution >= 4 is 22.4 Å². The van der Waals surface area contributed by atoms with Crippen LogP contribution >= 0.6 is 11.3 Å². The normalized spacial score (nSPS) is 10.6. The molecule has 7 heteroatoms. The molecule has 0 spiro atoms. The van der Waals surface area contributed by atoms with Crippen LogP contribution in [-0.2, 0) is 12.8 Å². The summed E-state index contributed by atoms with van der Waals surface area (Å²) in [6.07, 6.45) is 2.62. The summed E-state index contributed by atoms with van der Waals surface area (Å²) >= 11 is 1.53. The second kappa shape index (κ2) is 7.21. The summed E-state index contributed by atoms with van der Waals surface area (Å²) in [5, 5.41) is 11.3. The average molecular weight is 308 g/mol. The molecular formula is C14H20N4O2S. The van der Waals surface area contributed by atoms with E-state index >= 15 is 0 Å². The summed E-state index contributed by atoms with van der Waals surface area (Å²) < 4.78 is 5.08. The van der Waals surface area contributed by atoms with Crippen molar-refractivity contribution in [2.45, 2.75) is 40.0 Å². The maximum absolute atomic E-state index is 11.8. The highest BCUT2D eigenvalue weighted by molar-refractivity contribution is 7.16. The zero-order valence-corrected chi connectivity index (χ0v) is 13.3. The molecule has 0 aliphatic heterocycles. The Balaban J connectivity index is 1.78. The Morgan fingerprint density at radius 2 is 2.19 bits per heavy atom. The fourth-order valence-electron chi connectivity index (χ4n) is 1.87. The van der Waals surface area contributed by atoms with Crippen LogP contribution in [0.2, 0.25) is 0 Å². The second-order valence-corrected chi connectivity index (χ2v) is 5.92. The smallest absolute Gasteiger partial charge is 0.319 e. The van der Waals surface area contributed by atoms with Crippen LogP contribution in [0.3, 0.4) is 0 Å². The zero-order valence-electron chi connectivity index (χ0n) is 12.5. The first kappa shape index (κ1) is 15.5. The van der Waals surface area contributed by atoms with Crippen LogP contribution in [0.5, 0.6) is 0 Å². The van der Waals surface area contributed by atoms with Gasteiger partial charge in [-0.1, -0.05) is 12.1 Å². The number of hydrogen-bond donors (Lipinski definition) is 2. The van der Waals surface area contributed by atoms with E-state index in [0.29, 0.717) is 13.0 Å². The minimum absolute atomic E-state index is 0.221. The number of aryl methyl sites for hydroxylation is 3. The number of thiazole rings is 1. The van der Waals surface area contributed by atoms with Crippen molar-refractivity contribution in [1.82, 2.24) is 15.5 Å². The fourth-order valence-corrected chi connectivity index (χ4v) is 2.93. The van der Waals surface area contributed by atoms with Gasteiger partial charge in [-0.3, -0.25) is 5.32 Å². The summed E-state index contributed by atoms with van der Waals surface area (Å²) in [7, 11) is 0. The Bertz CT molecular complexity index is 606. The number of hydrogen-bond acceptors (Lipinski definition) is 5. The van der Waals surface area contributed by atoms with Crippen LogP contribution < -0.4 is 10.6 Å². The second-order valence-electron chi connectivity index (χ2n) is 4.84. The fraction of sp³-hybridized carbons (Fsp3) is 0.500. The monoisotopic (exact) mass is 308 g/mol. The number of nitrogens with zero attached hydrogens (tertiary/aromatic N) is 2. The van der Waals surface area contributed by atoms with E-state index in [1.165, 1.54) is 11.3 Å². The Hall–Kier alpha value is -1.89. The Kier molecular flexibility index (Phi) is 5.32. The molecule has 0 aromatic carbocycles. The molecule has 0 radical (unpaired) electrons. The third-order valence-corrected chi connectivity index (χ3v) is 4.00. The molecule has 2 aromatic rings. The maximum atomic E-state index is 11.8. The summed E-state index contributed by atoms with van der Waals surface area (Å²) in [6, 6.07) is 1.64. The SMILES string of the molecule is CCCc1nc(C)c(NC(=O)NCCc2cc(C)no2)s1. The molecule has 0 fully saturated rings. The highest BCUT2D eigenvalue weighted by Crippen LogP contribution is 2.24. The number of nitrogens with one attached hydrogen (secondary N) is 2. The molecule has 0 saturated heterocycles. The van der Waals surface area contributed by atoms with Gasteiger partial charge >= 0.3 is 6.03 Å². The molecule has 21 heavy (non-hydrogen) atoms. The van der Waals surface area contributed by atoms with E-state index in [-0.39, 0.29) is 6.03 Å². The quantitative estimate of drug-likeness (QED) is 0.859. The molecule has 6 nitrogen and oxygen atoms in total. The van der Waals surface area contributed by atoms with Crippen molar-refractivity contribution in [3.05, 3.63) is 28.2 Å². The largest absolute Gasteiger partial charge is 0.361 e. The lowest BCUT2D eigenvalue weighted by Crippen LogP contribution is -2.30. The van der Waals surface area contributed by atoms with Crippen molar-refractivity contribution in [2.75, 3.05) is 11.9 Å². The maximum Gasteiger partial charge on any atom is 0.319 e. The molecule has 2 rings (SSSR count). The van der Waals surface area contributed by atoms with Gasteiger partial charge < -0.3 is 9.84 Å². The Morgan fingerprint density at radius 1 is 1.38 bits per heavy atom. The van der Waals surface area contributed by atoms with Crippen molar-refractivity contribution in [3.8, 4) is 0 Å². The van der Waals surface area contributed by atoms with E-state index in [0.717, 1.165) is 40.0 Å². The topological polar surface area (TPSA) is 80.0 Å². The third-order valence-electron chi connectivity index (χ3n) is 2.87. The predicted octanol–water partition coefficient (Wildman–Crippen LogP) is 3.06. The molecule has 0 bridgehead atoms. The molecule has 0 aliphatic carbocycles. The lowest BCUT2D eigenvalue weighted by molar-refractivity contribution is 0.252. The van der Waals surface area contributed by atoms with Gasteiger partial charge in [-0.25, -0.2) is 9.78 Å². The molecule has 2 N–H and O–H groups in total. The number of anilines is 1. The number of aromatic nitrogens is 2. The lowest BCUT2D eigenvalue weighted by atomic mass is 10.3. The zero-order chi connectivity index (χ0) is 15.2. The number of carbonyl (C=O) groups excluding carboxylic acids is 1. The number of carbonyl (C=O) groups is 1. The number of urea groups is 1. The highest BCUT2D eigenvalue weighted by atomic mass is 32.1. The van der Waals surface area contributed by atoms with E-state index in [1.54, 1.807) is 0 Å². The van der Waals surface area contributed by atoms with E-state index in [2.05, 4.69) is 27.7 Å². The van der Waals surface area contributed by atoms with Crippen LogP contribution in [0.1, 0.15) is 35.5 Å². The molecule has 2 aromatic heterocycles. The van der Waals surface area contributed by atoms with E-state index in [4.69, 9.17) is 4.52 Å². The minimum atomic E-state index is -0.221. The lowest BCUT2D eigenvalue weighted by Gasteiger charge is -2.05. The summed E-state index contributed by atoms with van der Waals surface area (Å²) in [6.45, 7) is 6.39. The predicted molar refractivity (Wildman–Crippen MR) is 82.8 cm³/mol. The van der Waals surface area contributed by atoms with Gasteiger partial charge in [-0.05, 0) is 26.7 Å². The molecule has 0 atom stereocenters. The van der Waals surface area contributed by atoms with Gasteiger partial charge in [0.25, 0.3) is 0 Å². The highest BCUT2D eigenvalue weighted by Gasteiger charge is 2.10. The van der Waals surface area contributed by atoms with Gasteiger partial charge in [-0.2, -0.15) is 0 Å². The van der Waals surface area contributed by atoms with Crippen LogP contribution in [0, 0.1) is 13.8 Å². The van der Waals surface area contributed by atoms with E-state index in [1.807, 2.05) is 19.9 Å². The molecule has 0 unspecified atom stereocenters. The first-order valence-corrected chi connectivity index (χ1v) is 7.83.